The smallest absolute Gasteiger partial charge is 0.313 e. The van der Waals surface area contributed by atoms with Crippen molar-refractivity contribution in [2.75, 3.05) is 98.7 Å². The number of hydrogen-bond donors (Lipinski definition) is 0. The normalized spacial score (nSPS) is 10.5. The van der Waals surface area contributed by atoms with Crippen LogP contribution in [0.25, 0.3) is 0 Å². The highest BCUT2D eigenvalue weighted by Crippen LogP contribution is 2.18. The number of carbonyl (C=O) groups excluding carboxylic acids is 2. The average Bonchev–Trinajstić information content (AvgIpc) is 2.90. The Morgan fingerprint density at radius 3 is 1.14 bits per heavy atom. The molecular formula is C39H98N2O8. The Hall–Kier alpha value is -1.30. The molecule has 0 rings (SSSR count). The van der Waals surface area contributed by atoms with E-state index in [0.717, 1.165) is 39.3 Å². The van der Waals surface area contributed by atoms with Gasteiger partial charge in [-0.3, -0.25) is 9.59 Å². The van der Waals surface area contributed by atoms with E-state index in [1.165, 1.54) is 0 Å². The molecular weight excluding hydrogens is 624 g/mol. The number of nitrogens with zero attached hydrogens (tertiary/aromatic N) is 2. The minimum absolute atomic E-state index is 0. The van der Waals surface area contributed by atoms with Gasteiger partial charge >= 0.3 is 11.9 Å². The highest BCUT2D eigenvalue weighted by atomic mass is 16.6. The molecule has 0 fully saturated rings. The zero-order valence-electron chi connectivity index (χ0n) is 26.3. The van der Waals surface area contributed by atoms with Gasteiger partial charge in [0.15, 0.2) is 0 Å². The standard InChI is InChI=1S/C29H58N2O8.10CH4/c1-10-30(11-2)14-16-38-26(32)28(6,7)23-35-19-18-34-22-25(5)37-21-20-36-24-29(8,9)27(33)39-17-15-31(12-3)13-4;;;;;;;;;;/h25H,10-24H2,1-9H3;10*1H4. The maximum Gasteiger partial charge on any atom is 0.313 e. The van der Waals surface area contributed by atoms with Crippen LogP contribution in [0.4, 0.5) is 0 Å². The molecule has 0 radical (unpaired) electrons. The van der Waals surface area contributed by atoms with Gasteiger partial charge in [0, 0.05) is 13.1 Å². The van der Waals surface area contributed by atoms with Gasteiger partial charge in [-0.15, -0.1) is 0 Å². The minimum atomic E-state index is -0.714. The van der Waals surface area contributed by atoms with Crippen LogP contribution < -0.4 is 0 Å². The van der Waals surface area contributed by atoms with Crippen LogP contribution in [-0.4, -0.2) is 127 Å². The Morgan fingerprint density at radius 2 is 0.816 bits per heavy atom. The van der Waals surface area contributed by atoms with E-state index in [0.29, 0.717) is 46.2 Å². The number of hydrogen-bond acceptors (Lipinski definition) is 10. The third-order valence-electron chi connectivity index (χ3n) is 6.46. The van der Waals surface area contributed by atoms with E-state index in [2.05, 4.69) is 37.5 Å². The molecule has 0 aromatic heterocycles. The van der Waals surface area contributed by atoms with Crippen molar-refractivity contribution in [2.24, 2.45) is 10.8 Å². The number of likely N-dealkylation sites (N-methyl/N-ethyl adjacent to an activating group) is 2. The third kappa shape index (κ3) is 37.8. The molecule has 0 aliphatic heterocycles. The first-order valence-corrected chi connectivity index (χ1v) is 14.6. The van der Waals surface area contributed by atoms with Crippen LogP contribution in [0, 0.1) is 10.8 Å². The van der Waals surface area contributed by atoms with Crippen LogP contribution in [0.5, 0.6) is 0 Å². The predicted molar refractivity (Wildman–Crippen MR) is 220 cm³/mol. The van der Waals surface area contributed by atoms with Crippen LogP contribution in [-0.2, 0) is 38.0 Å². The molecule has 1 atom stereocenters. The van der Waals surface area contributed by atoms with Gasteiger partial charge in [0.05, 0.1) is 63.2 Å². The average molecular weight is 723 g/mol. The molecule has 49 heavy (non-hydrogen) atoms. The molecule has 0 aromatic carbocycles. The summed E-state index contributed by atoms with van der Waals surface area (Å²) in [4.78, 5) is 29.1. The van der Waals surface area contributed by atoms with E-state index in [1.807, 2.05) is 34.6 Å². The van der Waals surface area contributed by atoms with Crippen LogP contribution >= 0.6 is 0 Å². The SMILES string of the molecule is C.C.C.C.C.C.C.C.C.C.CCN(CC)CCOC(=O)C(C)(C)COCCOCC(C)OCCOCC(C)(C)C(=O)OCCN(CC)CC. The summed E-state index contributed by atoms with van der Waals surface area (Å²) in [5, 5.41) is 0. The Morgan fingerprint density at radius 1 is 0.510 bits per heavy atom. The Balaban J connectivity index is -0.000000160. The van der Waals surface area contributed by atoms with E-state index in [1.54, 1.807) is 0 Å². The quantitative estimate of drug-likeness (QED) is 0.0670. The summed E-state index contributed by atoms with van der Waals surface area (Å²) in [5.74, 6) is -0.509. The van der Waals surface area contributed by atoms with Crippen molar-refractivity contribution in [1.82, 2.24) is 9.80 Å². The number of carbonyl (C=O) groups is 2. The van der Waals surface area contributed by atoms with E-state index in [-0.39, 0.29) is 106 Å². The molecule has 0 aliphatic carbocycles. The van der Waals surface area contributed by atoms with Gasteiger partial charge in [0.1, 0.15) is 13.2 Å². The molecule has 0 aliphatic rings. The molecule has 0 saturated carbocycles. The zero-order chi connectivity index (χ0) is 29.7. The summed E-state index contributed by atoms with van der Waals surface area (Å²) < 4.78 is 33.5. The van der Waals surface area contributed by atoms with Gasteiger partial charge in [-0.2, -0.15) is 0 Å². The predicted octanol–water partition coefficient (Wildman–Crippen LogP) is 9.62. The molecule has 10 nitrogen and oxygen atoms in total. The molecule has 0 amide bonds. The maximum atomic E-state index is 12.4. The molecule has 0 bridgehead atoms. The van der Waals surface area contributed by atoms with Crippen molar-refractivity contribution >= 4 is 11.9 Å². The summed E-state index contributed by atoms with van der Waals surface area (Å²) in [6.45, 7) is 26.1. The summed E-state index contributed by atoms with van der Waals surface area (Å²) in [6.07, 6.45) is -0.108. The fraction of sp³-hybridized carbons (Fsp3) is 0.949. The summed E-state index contributed by atoms with van der Waals surface area (Å²) >= 11 is 0. The molecule has 0 saturated heterocycles. The lowest BCUT2D eigenvalue weighted by Gasteiger charge is -2.24. The first-order valence-electron chi connectivity index (χ1n) is 14.6. The van der Waals surface area contributed by atoms with Crippen LogP contribution in [0.15, 0.2) is 0 Å². The van der Waals surface area contributed by atoms with Crippen molar-refractivity contribution in [3.63, 3.8) is 0 Å². The topological polar surface area (TPSA) is 96.0 Å². The minimum Gasteiger partial charge on any atom is -0.464 e. The van der Waals surface area contributed by atoms with Gasteiger partial charge in [0.25, 0.3) is 0 Å². The molecule has 0 N–H and O–H groups in total. The van der Waals surface area contributed by atoms with E-state index in [9.17, 15) is 9.59 Å². The number of ether oxygens (including phenoxy) is 6. The molecule has 0 aromatic rings. The van der Waals surface area contributed by atoms with Crippen molar-refractivity contribution in [2.45, 2.75) is 143 Å². The van der Waals surface area contributed by atoms with Crippen LogP contribution in [0.3, 0.4) is 0 Å². The fourth-order valence-electron chi connectivity index (χ4n) is 3.50. The second-order valence-electron chi connectivity index (χ2n) is 11.0. The number of rotatable bonds is 25. The van der Waals surface area contributed by atoms with Crippen molar-refractivity contribution in [3.8, 4) is 0 Å². The first-order chi connectivity index (χ1) is 18.4. The lowest BCUT2D eigenvalue weighted by Crippen LogP contribution is -2.35. The number of esters is 2. The molecule has 312 valence electrons. The highest BCUT2D eigenvalue weighted by Gasteiger charge is 2.30. The van der Waals surface area contributed by atoms with E-state index in [4.69, 9.17) is 28.4 Å². The van der Waals surface area contributed by atoms with Gasteiger partial charge in [-0.25, -0.2) is 0 Å². The van der Waals surface area contributed by atoms with Gasteiger partial charge in [-0.05, 0) is 60.8 Å². The summed E-state index contributed by atoms with van der Waals surface area (Å²) in [5.41, 5.74) is -1.43. The van der Waals surface area contributed by atoms with Gasteiger partial charge in [0.2, 0.25) is 0 Å². The van der Waals surface area contributed by atoms with Crippen molar-refractivity contribution in [1.29, 1.82) is 0 Å². The Labute approximate surface area is 311 Å². The third-order valence-corrected chi connectivity index (χ3v) is 6.46. The van der Waals surface area contributed by atoms with E-state index >= 15 is 0 Å². The lowest BCUT2D eigenvalue weighted by molar-refractivity contribution is -0.159. The van der Waals surface area contributed by atoms with Crippen molar-refractivity contribution < 1.29 is 38.0 Å². The molecule has 1 unspecified atom stereocenters. The molecule has 0 heterocycles. The second-order valence-corrected chi connectivity index (χ2v) is 11.0. The zero-order valence-corrected chi connectivity index (χ0v) is 26.3. The summed E-state index contributed by atoms with van der Waals surface area (Å²) in [7, 11) is 0. The first kappa shape index (κ1) is 77.2. The second kappa shape index (κ2) is 44.7. The Bertz CT molecular complexity index is 641. The monoisotopic (exact) mass is 723 g/mol. The Kier molecular flexibility index (Phi) is 70.5. The lowest BCUT2D eigenvalue weighted by atomic mass is 9.95. The fourth-order valence-corrected chi connectivity index (χ4v) is 3.50. The van der Waals surface area contributed by atoms with Gasteiger partial charge < -0.3 is 38.2 Å². The van der Waals surface area contributed by atoms with E-state index < -0.39 is 10.8 Å². The largest absolute Gasteiger partial charge is 0.464 e. The highest BCUT2D eigenvalue weighted by molar-refractivity contribution is 5.76. The maximum absolute atomic E-state index is 12.4. The molecule has 10 heteroatoms. The molecule has 0 spiro atoms. The van der Waals surface area contributed by atoms with Crippen LogP contribution in [0.1, 0.15) is 137 Å². The van der Waals surface area contributed by atoms with Crippen LogP contribution in [0.2, 0.25) is 0 Å². The van der Waals surface area contributed by atoms with Gasteiger partial charge in [-0.1, -0.05) is 102 Å². The van der Waals surface area contributed by atoms with Crippen molar-refractivity contribution in [3.05, 3.63) is 0 Å². The summed E-state index contributed by atoms with van der Waals surface area (Å²) in [6, 6.07) is 0.